The first kappa shape index (κ1) is 14.5. The Bertz CT molecular complexity index is 382. The van der Waals surface area contributed by atoms with E-state index in [4.69, 9.17) is 9.84 Å². The lowest BCUT2D eigenvalue weighted by atomic mass is 10.2. The second kappa shape index (κ2) is 8.48. The van der Waals surface area contributed by atoms with Gasteiger partial charge in [-0.15, -0.1) is 0 Å². The molecule has 0 bridgehead atoms. The molecule has 0 aliphatic carbocycles. The van der Waals surface area contributed by atoms with Gasteiger partial charge in [0.15, 0.2) is 0 Å². The number of ether oxygens (including phenoxy) is 1. The van der Waals surface area contributed by atoms with E-state index in [-0.39, 0.29) is 6.42 Å². The lowest BCUT2D eigenvalue weighted by Crippen LogP contribution is -1.97. The average Bonchev–Trinajstić information content (AvgIpc) is 2.36. The average molecular weight is 248 g/mol. The maximum Gasteiger partial charge on any atom is 0.303 e. The minimum atomic E-state index is -0.735. The molecule has 0 aliphatic rings. The lowest BCUT2D eigenvalue weighted by molar-refractivity contribution is -0.137. The second-order valence-electron chi connectivity index (χ2n) is 4.31. The highest BCUT2D eigenvalue weighted by Crippen LogP contribution is 2.05. The first-order valence-corrected chi connectivity index (χ1v) is 6.17. The highest BCUT2D eigenvalue weighted by Gasteiger charge is 1.96. The summed E-state index contributed by atoms with van der Waals surface area (Å²) in [5.41, 5.74) is 2.31. The molecule has 0 fully saturated rings. The summed E-state index contributed by atoms with van der Waals surface area (Å²) in [5.74, 6) is -0.735. The molecule has 0 saturated heterocycles. The van der Waals surface area contributed by atoms with Gasteiger partial charge in [-0.25, -0.2) is 0 Å². The van der Waals surface area contributed by atoms with Crippen molar-refractivity contribution in [3.8, 4) is 0 Å². The third kappa shape index (κ3) is 6.86. The third-order valence-corrected chi connectivity index (χ3v) is 2.53. The normalized spacial score (nSPS) is 11.5. The van der Waals surface area contributed by atoms with Crippen LogP contribution in [-0.2, 0) is 16.1 Å². The Morgan fingerprint density at radius 3 is 2.72 bits per heavy atom. The summed E-state index contributed by atoms with van der Waals surface area (Å²) in [4.78, 5) is 10.3. The number of hydrogen-bond donors (Lipinski definition) is 1. The Morgan fingerprint density at radius 2 is 2.06 bits per heavy atom. The van der Waals surface area contributed by atoms with E-state index in [2.05, 4.69) is 0 Å². The van der Waals surface area contributed by atoms with Crippen LogP contribution in [0.25, 0.3) is 0 Å². The minimum Gasteiger partial charge on any atom is -0.481 e. The number of carboxylic acids is 1. The molecule has 1 rings (SSSR count). The molecule has 0 atom stereocenters. The smallest absolute Gasteiger partial charge is 0.303 e. The van der Waals surface area contributed by atoms with Crippen LogP contribution in [0.5, 0.6) is 0 Å². The molecule has 1 aromatic rings. The summed E-state index contributed by atoms with van der Waals surface area (Å²) in [6.45, 7) is 3.22. The molecule has 1 aromatic carbocycles. The van der Waals surface area contributed by atoms with Gasteiger partial charge in [-0.05, 0) is 25.3 Å². The van der Waals surface area contributed by atoms with Crippen LogP contribution in [-0.4, -0.2) is 17.7 Å². The van der Waals surface area contributed by atoms with Gasteiger partial charge in [0.1, 0.15) is 0 Å². The van der Waals surface area contributed by atoms with Crippen LogP contribution in [0, 0.1) is 0 Å². The van der Waals surface area contributed by atoms with E-state index in [0.717, 1.165) is 17.6 Å². The molecular formula is C15H20O3. The van der Waals surface area contributed by atoms with Gasteiger partial charge in [0.25, 0.3) is 0 Å². The molecule has 0 unspecified atom stereocenters. The van der Waals surface area contributed by atoms with Gasteiger partial charge in [-0.2, -0.15) is 0 Å². The number of carboxylic acid groups (broad SMARTS) is 1. The highest BCUT2D eigenvalue weighted by molar-refractivity contribution is 5.66. The van der Waals surface area contributed by atoms with Gasteiger partial charge in [0, 0.05) is 6.42 Å². The van der Waals surface area contributed by atoms with E-state index >= 15 is 0 Å². The van der Waals surface area contributed by atoms with E-state index < -0.39 is 5.97 Å². The zero-order valence-corrected chi connectivity index (χ0v) is 10.8. The molecule has 0 saturated carbocycles. The molecule has 0 amide bonds. The zero-order chi connectivity index (χ0) is 13.2. The van der Waals surface area contributed by atoms with Crippen molar-refractivity contribution in [1.82, 2.24) is 0 Å². The number of allylic oxidation sites excluding steroid dienone is 1. The number of hydrogen-bond acceptors (Lipinski definition) is 2. The zero-order valence-electron chi connectivity index (χ0n) is 10.8. The van der Waals surface area contributed by atoms with Crippen molar-refractivity contribution < 1.29 is 14.6 Å². The monoisotopic (exact) mass is 248 g/mol. The standard InChI is InChI=1S/C15H20O3/c1-13(7-5-6-10-15(16)17)11-18-12-14-8-3-2-4-9-14/h2-4,7-9H,5-6,10-12H2,1H3,(H,16,17)/b13-7-. The van der Waals surface area contributed by atoms with Crippen LogP contribution in [0.2, 0.25) is 0 Å². The van der Waals surface area contributed by atoms with Crippen molar-refractivity contribution >= 4 is 5.97 Å². The number of unbranched alkanes of at least 4 members (excludes halogenated alkanes) is 1. The molecule has 3 heteroatoms. The van der Waals surface area contributed by atoms with E-state index in [1.54, 1.807) is 0 Å². The first-order chi connectivity index (χ1) is 8.68. The largest absolute Gasteiger partial charge is 0.481 e. The van der Waals surface area contributed by atoms with Crippen molar-refractivity contribution in [2.45, 2.75) is 32.8 Å². The van der Waals surface area contributed by atoms with Gasteiger partial charge >= 0.3 is 5.97 Å². The molecule has 0 spiro atoms. The van der Waals surface area contributed by atoms with Crippen LogP contribution in [0.1, 0.15) is 31.7 Å². The quantitative estimate of drug-likeness (QED) is 0.566. The number of benzene rings is 1. The lowest BCUT2D eigenvalue weighted by Gasteiger charge is -2.04. The van der Waals surface area contributed by atoms with Crippen molar-refractivity contribution in [3.63, 3.8) is 0 Å². The van der Waals surface area contributed by atoms with Gasteiger partial charge in [0.05, 0.1) is 13.2 Å². The Labute approximate surface area is 108 Å². The summed E-state index contributed by atoms with van der Waals surface area (Å²) < 4.78 is 5.58. The Balaban J connectivity index is 2.14. The maximum absolute atomic E-state index is 10.3. The number of carbonyl (C=O) groups is 1. The van der Waals surface area contributed by atoms with Gasteiger partial charge in [-0.1, -0.05) is 42.0 Å². The summed E-state index contributed by atoms with van der Waals surface area (Å²) in [5, 5.41) is 8.50. The summed E-state index contributed by atoms with van der Waals surface area (Å²) in [6, 6.07) is 10.0. The maximum atomic E-state index is 10.3. The summed E-state index contributed by atoms with van der Waals surface area (Å²) in [7, 11) is 0. The Hall–Kier alpha value is -1.61. The van der Waals surface area contributed by atoms with Crippen molar-refractivity contribution in [1.29, 1.82) is 0 Å². The Morgan fingerprint density at radius 1 is 1.33 bits per heavy atom. The molecule has 0 heterocycles. The third-order valence-electron chi connectivity index (χ3n) is 2.53. The fraction of sp³-hybridized carbons (Fsp3) is 0.400. The predicted molar refractivity (Wildman–Crippen MR) is 71.3 cm³/mol. The van der Waals surface area contributed by atoms with Gasteiger partial charge in [-0.3, -0.25) is 4.79 Å². The van der Waals surface area contributed by atoms with E-state index in [1.165, 1.54) is 0 Å². The van der Waals surface area contributed by atoms with E-state index in [9.17, 15) is 4.79 Å². The molecule has 3 nitrogen and oxygen atoms in total. The van der Waals surface area contributed by atoms with Crippen LogP contribution in [0.4, 0.5) is 0 Å². The van der Waals surface area contributed by atoms with E-state index in [1.807, 2.05) is 43.3 Å². The topological polar surface area (TPSA) is 46.5 Å². The van der Waals surface area contributed by atoms with Crippen molar-refractivity contribution in [3.05, 3.63) is 47.5 Å². The van der Waals surface area contributed by atoms with E-state index in [0.29, 0.717) is 19.6 Å². The van der Waals surface area contributed by atoms with Crippen LogP contribution in [0.15, 0.2) is 42.0 Å². The van der Waals surface area contributed by atoms with Gasteiger partial charge in [0.2, 0.25) is 0 Å². The predicted octanol–water partition coefficient (Wildman–Crippen LogP) is 3.40. The molecular weight excluding hydrogens is 228 g/mol. The fourth-order valence-electron chi connectivity index (χ4n) is 1.56. The molecule has 1 N–H and O–H groups in total. The van der Waals surface area contributed by atoms with Crippen LogP contribution < -0.4 is 0 Å². The number of rotatable bonds is 8. The summed E-state index contributed by atoms with van der Waals surface area (Å²) >= 11 is 0. The highest BCUT2D eigenvalue weighted by atomic mass is 16.5. The van der Waals surface area contributed by atoms with Crippen LogP contribution >= 0.6 is 0 Å². The fourth-order valence-corrected chi connectivity index (χ4v) is 1.56. The molecule has 0 aliphatic heterocycles. The molecule has 0 aromatic heterocycles. The van der Waals surface area contributed by atoms with Crippen molar-refractivity contribution in [2.24, 2.45) is 0 Å². The molecule has 18 heavy (non-hydrogen) atoms. The molecule has 98 valence electrons. The van der Waals surface area contributed by atoms with Crippen LogP contribution in [0.3, 0.4) is 0 Å². The summed E-state index contributed by atoms with van der Waals surface area (Å²) in [6.07, 6.45) is 3.76. The molecule has 0 radical (unpaired) electrons. The Kier molecular flexibility index (Phi) is 6.81. The SMILES string of the molecule is C/C(=C/CCCC(=O)O)COCc1ccccc1. The van der Waals surface area contributed by atoms with Crippen molar-refractivity contribution in [2.75, 3.05) is 6.61 Å². The number of aliphatic carboxylic acids is 1. The van der Waals surface area contributed by atoms with Gasteiger partial charge < -0.3 is 9.84 Å². The second-order valence-corrected chi connectivity index (χ2v) is 4.31. The first-order valence-electron chi connectivity index (χ1n) is 6.17. The minimum absolute atomic E-state index is 0.231.